The Balaban J connectivity index is 2.24. The number of nitrogens with zero attached hydrogens (tertiary/aromatic N) is 2. The highest BCUT2D eigenvalue weighted by molar-refractivity contribution is 6.29. The van der Waals surface area contributed by atoms with Crippen LogP contribution in [0.3, 0.4) is 0 Å². The average molecular weight is 212 g/mol. The van der Waals surface area contributed by atoms with Crippen molar-refractivity contribution < 1.29 is 0 Å². The van der Waals surface area contributed by atoms with Gasteiger partial charge in [-0.15, -0.1) is 0 Å². The van der Waals surface area contributed by atoms with E-state index in [2.05, 4.69) is 9.88 Å². The molecule has 2 heterocycles. The highest BCUT2D eigenvalue weighted by atomic mass is 35.5. The fraction of sp³-hybridized carbons (Fsp3) is 0.500. The van der Waals surface area contributed by atoms with Crippen molar-refractivity contribution in [2.24, 2.45) is 0 Å². The van der Waals surface area contributed by atoms with Crippen molar-refractivity contribution in [3.05, 3.63) is 17.4 Å². The van der Waals surface area contributed by atoms with Crippen LogP contribution in [0.1, 0.15) is 19.3 Å². The molecule has 2 rings (SSSR count). The summed E-state index contributed by atoms with van der Waals surface area (Å²) in [5.74, 6) is 0. The van der Waals surface area contributed by atoms with Gasteiger partial charge in [0.1, 0.15) is 5.15 Å². The minimum atomic E-state index is 0.514. The molecule has 1 aromatic heterocycles. The Morgan fingerprint density at radius 1 is 1.29 bits per heavy atom. The molecule has 0 aromatic carbocycles. The Morgan fingerprint density at radius 2 is 2.00 bits per heavy atom. The van der Waals surface area contributed by atoms with Crippen LogP contribution in [0.4, 0.5) is 11.4 Å². The van der Waals surface area contributed by atoms with Gasteiger partial charge in [0.25, 0.3) is 0 Å². The van der Waals surface area contributed by atoms with E-state index < -0.39 is 0 Å². The predicted octanol–water partition coefficient (Wildman–Crippen LogP) is 2.31. The second kappa shape index (κ2) is 4.05. The Kier molecular flexibility index (Phi) is 2.77. The van der Waals surface area contributed by atoms with E-state index in [-0.39, 0.29) is 0 Å². The maximum absolute atomic E-state index is 5.86. The van der Waals surface area contributed by atoms with Gasteiger partial charge < -0.3 is 10.6 Å². The number of nitrogens with two attached hydrogens (primary N) is 1. The third-order valence-corrected chi connectivity index (χ3v) is 2.78. The minimum absolute atomic E-state index is 0.514. The van der Waals surface area contributed by atoms with Crippen LogP contribution in [0.5, 0.6) is 0 Å². The summed E-state index contributed by atoms with van der Waals surface area (Å²) < 4.78 is 0. The average Bonchev–Trinajstić information content (AvgIpc) is 2.23. The number of anilines is 2. The molecule has 0 aliphatic carbocycles. The second-order valence-corrected chi connectivity index (χ2v) is 4.00. The number of aromatic nitrogens is 1. The first-order valence-electron chi connectivity index (χ1n) is 4.93. The Hall–Kier alpha value is -0.960. The van der Waals surface area contributed by atoms with Crippen LogP contribution in [0.2, 0.25) is 5.15 Å². The molecule has 14 heavy (non-hydrogen) atoms. The highest BCUT2D eigenvalue weighted by Crippen LogP contribution is 2.27. The zero-order valence-electron chi connectivity index (χ0n) is 8.04. The topological polar surface area (TPSA) is 42.1 Å². The maximum atomic E-state index is 5.86. The maximum Gasteiger partial charge on any atom is 0.131 e. The van der Waals surface area contributed by atoms with E-state index >= 15 is 0 Å². The van der Waals surface area contributed by atoms with Gasteiger partial charge in [-0.05, 0) is 19.3 Å². The number of nitrogen functional groups attached to an aromatic ring is 1. The predicted molar refractivity (Wildman–Crippen MR) is 59.7 cm³/mol. The van der Waals surface area contributed by atoms with Crippen LogP contribution < -0.4 is 10.6 Å². The molecule has 1 aliphatic heterocycles. The first kappa shape index (κ1) is 9.59. The third-order valence-electron chi connectivity index (χ3n) is 2.58. The Bertz CT molecular complexity index is 321. The second-order valence-electron chi connectivity index (χ2n) is 3.61. The highest BCUT2D eigenvalue weighted by Gasteiger charge is 2.13. The van der Waals surface area contributed by atoms with E-state index in [1.165, 1.54) is 19.3 Å². The summed E-state index contributed by atoms with van der Waals surface area (Å²) in [6.45, 7) is 2.15. The number of halogens is 1. The fourth-order valence-corrected chi connectivity index (χ4v) is 1.99. The molecule has 2 N–H and O–H groups in total. The molecule has 4 heteroatoms. The van der Waals surface area contributed by atoms with Gasteiger partial charge in [0, 0.05) is 19.2 Å². The molecule has 0 atom stereocenters. The van der Waals surface area contributed by atoms with E-state index in [0.717, 1.165) is 24.5 Å². The zero-order chi connectivity index (χ0) is 9.97. The fourth-order valence-electron chi connectivity index (χ4n) is 1.84. The van der Waals surface area contributed by atoms with Crippen molar-refractivity contribution in [2.75, 3.05) is 23.7 Å². The number of rotatable bonds is 1. The van der Waals surface area contributed by atoms with E-state index in [1.807, 2.05) is 6.07 Å². The first-order valence-corrected chi connectivity index (χ1v) is 5.31. The van der Waals surface area contributed by atoms with Crippen LogP contribution in [-0.4, -0.2) is 18.1 Å². The largest absolute Gasteiger partial charge is 0.396 e. The van der Waals surface area contributed by atoms with Gasteiger partial charge in [-0.25, -0.2) is 4.98 Å². The summed E-state index contributed by atoms with van der Waals surface area (Å²) >= 11 is 5.84. The zero-order valence-corrected chi connectivity index (χ0v) is 8.80. The molecule has 0 spiro atoms. The summed E-state index contributed by atoms with van der Waals surface area (Å²) in [5.41, 5.74) is 7.61. The normalized spacial score (nSPS) is 17.1. The van der Waals surface area contributed by atoms with Gasteiger partial charge in [0.05, 0.1) is 17.6 Å². The molecule has 0 unspecified atom stereocenters. The van der Waals surface area contributed by atoms with E-state index in [0.29, 0.717) is 5.15 Å². The lowest BCUT2D eigenvalue weighted by Gasteiger charge is -2.29. The molecule has 0 saturated carbocycles. The standard InChI is InChI=1S/C10H14ClN3/c11-10-6-9(8(12)7-13-10)14-4-2-1-3-5-14/h6-7H,1-5,12H2. The van der Waals surface area contributed by atoms with E-state index in [9.17, 15) is 0 Å². The molecule has 3 nitrogen and oxygen atoms in total. The van der Waals surface area contributed by atoms with Gasteiger partial charge in [-0.2, -0.15) is 0 Å². The van der Waals surface area contributed by atoms with Crippen molar-refractivity contribution in [3.8, 4) is 0 Å². The van der Waals surface area contributed by atoms with Crippen LogP contribution in [-0.2, 0) is 0 Å². The van der Waals surface area contributed by atoms with Crippen LogP contribution in [0, 0.1) is 0 Å². The lowest BCUT2D eigenvalue weighted by molar-refractivity contribution is 0.578. The summed E-state index contributed by atoms with van der Waals surface area (Å²) in [6.07, 6.45) is 5.42. The van der Waals surface area contributed by atoms with Gasteiger partial charge in [-0.1, -0.05) is 11.6 Å². The molecule has 76 valence electrons. The summed E-state index contributed by atoms with van der Waals surface area (Å²) in [6, 6.07) is 1.85. The quantitative estimate of drug-likeness (QED) is 0.725. The van der Waals surface area contributed by atoms with Gasteiger partial charge in [-0.3, -0.25) is 0 Å². The van der Waals surface area contributed by atoms with Crippen molar-refractivity contribution in [3.63, 3.8) is 0 Å². The SMILES string of the molecule is Nc1cnc(Cl)cc1N1CCCCC1. The van der Waals surface area contributed by atoms with Crippen molar-refractivity contribution in [1.29, 1.82) is 0 Å². The monoisotopic (exact) mass is 211 g/mol. The molecule has 1 saturated heterocycles. The molecule has 0 radical (unpaired) electrons. The minimum Gasteiger partial charge on any atom is -0.396 e. The van der Waals surface area contributed by atoms with Crippen LogP contribution >= 0.6 is 11.6 Å². The molecule has 1 fully saturated rings. The van der Waals surface area contributed by atoms with E-state index in [1.54, 1.807) is 6.20 Å². The number of piperidine rings is 1. The number of pyridine rings is 1. The van der Waals surface area contributed by atoms with Crippen molar-refractivity contribution in [1.82, 2.24) is 4.98 Å². The first-order chi connectivity index (χ1) is 6.77. The van der Waals surface area contributed by atoms with Gasteiger partial charge in [0.15, 0.2) is 0 Å². The van der Waals surface area contributed by atoms with Gasteiger partial charge >= 0.3 is 0 Å². The Morgan fingerprint density at radius 3 is 2.71 bits per heavy atom. The number of hydrogen-bond donors (Lipinski definition) is 1. The summed E-state index contributed by atoms with van der Waals surface area (Å²) in [4.78, 5) is 6.23. The van der Waals surface area contributed by atoms with Crippen LogP contribution in [0.25, 0.3) is 0 Å². The molecule has 0 bridgehead atoms. The lowest BCUT2D eigenvalue weighted by atomic mass is 10.1. The van der Waals surface area contributed by atoms with Crippen LogP contribution in [0.15, 0.2) is 12.3 Å². The molecule has 1 aliphatic rings. The Labute approximate surface area is 88.9 Å². The number of hydrogen-bond acceptors (Lipinski definition) is 3. The van der Waals surface area contributed by atoms with Crippen molar-refractivity contribution in [2.45, 2.75) is 19.3 Å². The van der Waals surface area contributed by atoms with E-state index in [4.69, 9.17) is 17.3 Å². The smallest absolute Gasteiger partial charge is 0.131 e. The summed E-state index contributed by atoms with van der Waals surface area (Å²) in [5, 5.41) is 0.514. The summed E-state index contributed by atoms with van der Waals surface area (Å²) in [7, 11) is 0. The molecular weight excluding hydrogens is 198 g/mol. The van der Waals surface area contributed by atoms with Crippen molar-refractivity contribution >= 4 is 23.0 Å². The lowest BCUT2D eigenvalue weighted by Crippen LogP contribution is -2.30. The molecule has 0 amide bonds. The molecular formula is C10H14ClN3. The molecule has 1 aromatic rings. The van der Waals surface area contributed by atoms with Gasteiger partial charge in [0.2, 0.25) is 0 Å². The third kappa shape index (κ3) is 1.93.